The lowest BCUT2D eigenvalue weighted by atomic mass is 10.3. The maximum absolute atomic E-state index is 12.5. The minimum absolute atomic E-state index is 0.00352. The number of amides is 2. The van der Waals surface area contributed by atoms with Crippen molar-refractivity contribution in [3.05, 3.63) is 41.2 Å². The van der Waals surface area contributed by atoms with Crippen LogP contribution in [0.1, 0.15) is 30.0 Å². The summed E-state index contributed by atoms with van der Waals surface area (Å²) in [7, 11) is 1.68. The number of hydrogen-bond acceptors (Lipinski definition) is 5. The van der Waals surface area contributed by atoms with Crippen LogP contribution in [0.3, 0.4) is 0 Å². The maximum Gasteiger partial charge on any atom is 0.273 e. The number of aryl methyl sites for hydroxylation is 1. The Morgan fingerprint density at radius 1 is 1.19 bits per heavy atom. The minimum atomic E-state index is -0.229. The van der Waals surface area contributed by atoms with Crippen molar-refractivity contribution in [2.24, 2.45) is 0 Å². The number of carbonyl (C=O) groups excluding carboxylic acids is 2. The third kappa shape index (κ3) is 5.26. The van der Waals surface area contributed by atoms with E-state index in [-0.39, 0.29) is 30.1 Å². The van der Waals surface area contributed by atoms with Crippen molar-refractivity contribution in [2.75, 3.05) is 20.1 Å². The van der Waals surface area contributed by atoms with Crippen molar-refractivity contribution in [3.8, 4) is 0 Å². The number of carbonyl (C=O) groups is 2. The van der Waals surface area contributed by atoms with Gasteiger partial charge in [0.15, 0.2) is 0 Å². The van der Waals surface area contributed by atoms with Crippen LogP contribution in [-0.2, 0) is 11.3 Å². The first-order chi connectivity index (χ1) is 12.3. The second-order valence-electron chi connectivity index (χ2n) is 6.31. The van der Waals surface area contributed by atoms with Gasteiger partial charge in [-0.1, -0.05) is 11.6 Å². The molecule has 0 aromatic carbocycles. The predicted octanol–water partition coefficient (Wildman–Crippen LogP) is 1.64. The lowest BCUT2D eigenvalue weighted by Crippen LogP contribution is -2.44. The van der Waals surface area contributed by atoms with Crippen LogP contribution in [0.5, 0.6) is 0 Å². The van der Waals surface area contributed by atoms with Gasteiger partial charge in [0, 0.05) is 38.6 Å². The Kier molecular flexibility index (Phi) is 6.68. The molecule has 26 heavy (non-hydrogen) atoms. The standard InChI is InChI=1S/C17H23ClN6O2/c1-12(2)24(16(25)11-23-10-14(18)8-21-23)6-5-22(4)17(26)15-9-19-13(3)7-20-15/h7-10,12H,5-6,11H2,1-4H3. The zero-order chi connectivity index (χ0) is 19.3. The summed E-state index contributed by atoms with van der Waals surface area (Å²) in [5.74, 6) is -0.316. The molecular formula is C17H23ClN6O2. The highest BCUT2D eigenvalue weighted by molar-refractivity contribution is 6.30. The van der Waals surface area contributed by atoms with Gasteiger partial charge in [0.25, 0.3) is 5.91 Å². The SMILES string of the molecule is Cc1cnc(C(=O)N(C)CCN(C(=O)Cn2cc(Cl)cn2)C(C)C)cn1. The van der Waals surface area contributed by atoms with Crippen LogP contribution in [-0.4, -0.2) is 67.5 Å². The van der Waals surface area contributed by atoms with E-state index in [0.29, 0.717) is 18.1 Å². The number of nitrogens with zero attached hydrogens (tertiary/aromatic N) is 6. The highest BCUT2D eigenvalue weighted by atomic mass is 35.5. The summed E-state index contributed by atoms with van der Waals surface area (Å²) in [6.07, 6.45) is 6.11. The molecule has 2 heterocycles. The summed E-state index contributed by atoms with van der Waals surface area (Å²) in [4.78, 5) is 36.4. The van der Waals surface area contributed by atoms with Crippen molar-refractivity contribution < 1.29 is 9.59 Å². The molecule has 0 radical (unpaired) electrons. The first-order valence-electron chi connectivity index (χ1n) is 8.29. The van der Waals surface area contributed by atoms with Crippen molar-refractivity contribution in [3.63, 3.8) is 0 Å². The van der Waals surface area contributed by atoms with Crippen LogP contribution < -0.4 is 0 Å². The molecule has 140 valence electrons. The maximum atomic E-state index is 12.5. The topological polar surface area (TPSA) is 84.2 Å². The fraction of sp³-hybridized carbons (Fsp3) is 0.471. The van der Waals surface area contributed by atoms with Gasteiger partial charge in [-0.3, -0.25) is 19.3 Å². The zero-order valence-corrected chi connectivity index (χ0v) is 16.1. The summed E-state index contributed by atoms with van der Waals surface area (Å²) >= 11 is 5.83. The number of likely N-dealkylation sites (N-methyl/N-ethyl adjacent to an activating group) is 1. The van der Waals surface area contributed by atoms with Gasteiger partial charge >= 0.3 is 0 Å². The highest BCUT2D eigenvalue weighted by Crippen LogP contribution is 2.07. The van der Waals surface area contributed by atoms with E-state index in [0.717, 1.165) is 5.69 Å². The molecule has 0 aliphatic heterocycles. The van der Waals surface area contributed by atoms with E-state index in [2.05, 4.69) is 15.1 Å². The number of hydrogen-bond donors (Lipinski definition) is 0. The molecule has 2 amide bonds. The molecule has 0 aliphatic carbocycles. The Bertz CT molecular complexity index is 759. The Labute approximate surface area is 157 Å². The largest absolute Gasteiger partial charge is 0.339 e. The van der Waals surface area contributed by atoms with E-state index in [1.165, 1.54) is 22.0 Å². The van der Waals surface area contributed by atoms with Gasteiger partial charge < -0.3 is 9.80 Å². The Morgan fingerprint density at radius 3 is 2.46 bits per heavy atom. The van der Waals surface area contributed by atoms with E-state index in [1.54, 1.807) is 24.3 Å². The summed E-state index contributed by atoms with van der Waals surface area (Å²) in [6, 6.07) is -0.00352. The molecule has 0 saturated heterocycles. The van der Waals surface area contributed by atoms with Crippen LogP contribution in [0, 0.1) is 6.92 Å². The molecule has 0 saturated carbocycles. The van der Waals surface area contributed by atoms with Crippen LogP contribution in [0.15, 0.2) is 24.8 Å². The number of aromatic nitrogens is 4. The van der Waals surface area contributed by atoms with Crippen molar-refractivity contribution in [1.29, 1.82) is 0 Å². The van der Waals surface area contributed by atoms with Crippen LogP contribution in [0.2, 0.25) is 5.02 Å². The fourth-order valence-electron chi connectivity index (χ4n) is 2.38. The first kappa shape index (κ1) is 19.8. The molecule has 0 atom stereocenters. The van der Waals surface area contributed by atoms with Gasteiger partial charge in [0.2, 0.25) is 5.91 Å². The second-order valence-corrected chi connectivity index (χ2v) is 6.74. The third-order valence-corrected chi connectivity index (χ3v) is 4.06. The Hall–Kier alpha value is -2.48. The summed E-state index contributed by atoms with van der Waals surface area (Å²) < 4.78 is 1.50. The zero-order valence-electron chi connectivity index (χ0n) is 15.4. The Balaban J connectivity index is 1.95. The molecule has 0 aliphatic rings. The molecule has 0 N–H and O–H groups in total. The van der Waals surface area contributed by atoms with Crippen LogP contribution >= 0.6 is 11.6 Å². The lowest BCUT2D eigenvalue weighted by molar-refractivity contribution is -0.133. The van der Waals surface area contributed by atoms with Gasteiger partial charge in [-0.25, -0.2) is 4.98 Å². The van der Waals surface area contributed by atoms with E-state index in [9.17, 15) is 9.59 Å². The molecule has 0 spiro atoms. The first-order valence-corrected chi connectivity index (χ1v) is 8.67. The van der Waals surface area contributed by atoms with E-state index in [4.69, 9.17) is 11.6 Å². The minimum Gasteiger partial charge on any atom is -0.339 e. The third-order valence-electron chi connectivity index (χ3n) is 3.87. The van der Waals surface area contributed by atoms with Crippen molar-refractivity contribution >= 4 is 23.4 Å². The van der Waals surface area contributed by atoms with Crippen LogP contribution in [0.25, 0.3) is 0 Å². The summed E-state index contributed by atoms with van der Waals surface area (Å²) in [5.41, 5.74) is 1.03. The predicted molar refractivity (Wildman–Crippen MR) is 97.8 cm³/mol. The molecule has 2 aromatic rings. The molecule has 8 nitrogen and oxygen atoms in total. The molecular weight excluding hydrogens is 356 g/mol. The van der Waals surface area contributed by atoms with E-state index >= 15 is 0 Å². The van der Waals surface area contributed by atoms with E-state index < -0.39 is 0 Å². The monoisotopic (exact) mass is 378 g/mol. The number of halogens is 1. The van der Waals surface area contributed by atoms with Gasteiger partial charge in [-0.15, -0.1) is 0 Å². The molecule has 0 fully saturated rings. The highest BCUT2D eigenvalue weighted by Gasteiger charge is 2.20. The van der Waals surface area contributed by atoms with Gasteiger partial charge in [-0.2, -0.15) is 5.10 Å². The van der Waals surface area contributed by atoms with Crippen molar-refractivity contribution in [1.82, 2.24) is 29.5 Å². The van der Waals surface area contributed by atoms with Gasteiger partial charge in [-0.05, 0) is 20.8 Å². The van der Waals surface area contributed by atoms with Gasteiger partial charge in [0.1, 0.15) is 12.2 Å². The normalized spacial score (nSPS) is 10.8. The Morgan fingerprint density at radius 2 is 1.92 bits per heavy atom. The average molecular weight is 379 g/mol. The summed E-state index contributed by atoms with van der Waals surface area (Å²) in [5, 5.41) is 4.51. The lowest BCUT2D eigenvalue weighted by Gasteiger charge is -2.29. The molecule has 2 rings (SSSR count). The van der Waals surface area contributed by atoms with Crippen LogP contribution in [0.4, 0.5) is 0 Å². The van der Waals surface area contributed by atoms with Gasteiger partial charge in [0.05, 0.1) is 23.1 Å². The molecule has 2 aromatic heterocycles. The summed E-state index contributed by atoms with van der Waals surface area (Å²) in [6.45, 7) is 6.57. The molecule has 9 heteroatoms. The smallest absolute Gasteiger partial charge is 0.273 e. The second kappa shape index (κ2) is 8.75. The van der Waals surface area contributed by atoms with E-state index in [1.807, 2.05) is 20.8 Å². The molecule has 0 bridgehead atoms. The van der Waals surface area contributed by atoms with Crippen molar-refractivity contribution in [2.45, 2.75) is 33.4 Å². The number of rotatable bonds is 7. The average Bonchev–Trinajstić information content (AvgIpc) is 2.99. The fourth-order valence-corrected chi connectivity index (χ4v) is 2.54. The molecule has 0 unspecified atom stereocenters. The quantitative estimate of drug-likeness (QED) is 0.731.